The largest absolute Gasteiger partial charge is 0.411 e. The number of aromatic nitrogens is 2. The summed E-state index contributed by atoms with van der Waals surface area (Å²) in [6.45, 7) is 2.28. The monoisotopic (exact) mass is 300 g/mol. The van der Waals surface area contributed by atoms with Crippen molar-refractivity contribution in [1.29, 1.82) is 0 Å². The molecule has 0 spiro atoms. The first-order valence-corrected chi connectivity index (χ1v) is 7.21. The van der Waals surface area contributed by atoms with Gasteiger partial charge < -0.3 is 5.21 Å². The van der Waals surface area contributed by atoms with Crippen LogP contribution in [-0.2, 0) is 0 Å². The van der Waals surface area contributed by atoms with Crippen LogP contribution in [0.4, 0.5) is 4.39 Å². The highest BCUT2D eigenvalue weighted by Gasteiger charge is 2.26. The summed E-state index contributed by atoms with van der Waals surface area (Å²) in [6.07, 6.45) is 6.17. The van der Waals surface area contributed by atoms with E-state index in [9.17, 15) is 9.60 Å². The summed E-state index contributed by atoms with van der Waals surface area (Å²) < 4.78 is 13.0. The highest BCUT2D eigenvalue weighted by molar-refractivity contribution is 6.01. The van der Waals surface area contributed by atoms with E-state index in [0.29, 0.717) is 18.2 Å². The van der Waals surface area contributed by atoms with Gasteiger partial charge in [0.1, 0.15) is 11.5 Å². The van der Waals surface area contributed by atoms with Crippen molar-refractivity contribution in [2.24, 2.45) is 5.16 Å². The molecule has 0 radical (unpaired) electrons. The van der Waals surface area contributed by atoms with E-state index in [1.807, 2.05) is 0 Å². The number of benzene rings is 1. The van der Waals surface area contributed by atoms with Gasteiger partial charge in [0.25, 0.3) is 0 Å². The minimum atomic E-state index is -0.301. The summed E-state index contributed by atoms with van der Waals surface area (Å²) in [5, 5.41) is 12.6. The van der Waals surface area contributed by atoms with E-state index in [1.54, 1.807) is 30.7 Å². The average molecular weight is 300 g/mol. The molecule has 0 aliphatic carbocycles. The Morgan fingerprint density at radius 1 is 1.32 bits per heavy atom. The van der Waals surface area contributed by atoms with E-state index in [4.69, 9.17) is 0 Å². The van der Waals surface area contributed by atoms with E-state index >= 15 is 0 Å². The molecule has 6 heteroatoms. The Morgan fingerprint density at radius 2 is 2.14 bits per heavy atom. The minimum absolute atomic E-state index is 0.301. The molecule has 1 aliphatic rings. The molecule has 2 aromatic rings. The molecule has 1 aromatic heterocycles. The summed E-state index contributed by atoms with van der Waals surface area (Å²) >= 11 is 0. The summed E-state index contributed by atoms with van der Waals surface area (Å²) in [4.78, 5) is 10.7. The molecule has 1 aliphatic heterocycles. The third-order valence-corrected chi connectivity index (χ3v) is 3.95. The third-order valence-electron chi connectivity index (χ3n) is 3.95. The number of oxime groups is 1. The molecule has 22 heavy (non-hydrogen) atoms. The lowest BCUT2D eigenvalue weighted by molar-refractivity contribution is 0.311. The molecule has 3 rings (SSSR count). The summed E-state index contributed by atoms with van der Waals surface area (Å²) in [6, 6.07) is 5.99. The van der Waals surface area contributed by atoms with Gasteiger partial charge in [-0.3, -0.25) is 14.9 Å². The first kappa shape index (κ1) is 14.6. The molecule has 2 heterocycles. The summed E-state index contributed by atoms with van der Waals surface area (Å²) in [5.41, 5.74) is 2.26. The fourth-order valence-electron chi connectivity index (χ4n) is 2.77. The molecule has 114 valence electrons. The van der Waals surface area contributed by atoms with Gasteiger partial charge in [-0.25, -0.2) is 4.39 Å². The van der Waals surface area contributed by atoms with E-state index < -0.39 is 0 Å². The Kier molecular flexibility index (Phi) is 4.39. The van der Waals surface area contributed by atoms with Crippen molar-refractivity contribution in [2.75, 3.05) is 19.6 Å². The van der Waals surface area contributed by atoms with Crippen molar-refractivity contribution in [3.63, 3.8) is 0 Å². The number of hydrogen-bond donors (Lipinski definition) is 1. The van der Waals surface area contributed by atoms with Gasteiger partial charge in [-0.2, -0.15) is 0 Å². The second kappa shape index (κ2) is 6.62. The topological polar surface area (TPSA) is 61.6 Å². The second-order valence-electron chi connectivity index (χ2n) is 5.40. The highest BCUT2D eigenvalue weighted by atomic mass is 19.1. The van der Waals surface area contributed by atoms with Crippen LogP contribution in [0.1, 0.15) is 23.6 Å². The smallest absolute Gasteiger partial charge is 0.123 e. The Balaban J connectivity index is 1.65. The number of nitrogens with zero attached hydrogens (tertiary/aromatic N) is 4. The van der Waals surface area contributed by atoms with E-state index in [0.717, 1.165) is 30.8 Å². The lowest BCUT2D eigenvalue weighted by atomic mass is 10.1. The van der Waals surface area contributed by atoms with E-state index in [2.05, 4.69) is 20.0 Å². The molecule has 1 fully saturated rings. The van der Waals surface area contributed by atoms with Crippen molar-refractivity contribution >= 4 is 5.71 Å². The first-order chi connectivity index (χ1) is 10.8. The molecule has 0 bridgehead atoms. The lowest BCUT2D eigenvalue weighted by Gasteiger charge is -2.16. The maximum atomic E-state index is 13.0. The Morgan fingerprint density at radius 3 is 2.82 bits per heavy atom. The number of hydrogen-bond acceptors (Lipinski definition) is 5. The van der Waals surface area contributed by atoms with Gasteiger partial charge in [-0.05, 0) is 25.1 Å². The molecular weight excluding hydrogens is 283 g/mol. The first-order valence-electron chi connectivity index (χ1n) is 7.21. The van der Waals surface area contributed by atoms with Crippen LogP contribution in [0.15, 0.2) is 48.0 Å². The van der Waals surface area contributed by atoms with Gasteiger partial charge in [0.15, 0.2) is 0 Å². The quantitative estimate of drug-likeness (QED) is 0.534. The predicted molar refractivity (Wildman–Crippen MR) is 80.6 cm³/mol. The fraction of sp³-hybridized carbons (Fsp3) is 0.312. The van der Waals surface area contributed by atoms with Gasteiger partial charge in [-0.15, -0.1) is 0 Å². The van der Waals surface area contributed by atoms with Crippen molar-refractivity contribution in [3.05, 3.63) is 59.9 Å². The molecule has 1 unspecified atom stereocenters. The lowest BCUT2D eigenvalue weighted by Crippen LogP contribution is -2.28. The fourth-order valence-corrected chi connectivity index (χ4v) is 2.77. The maximum Gasteiger partial charge on any atom is 0.123 e. The minimum Gasteiger partial charge on any atom is -0.411 e. The average Bonchev–Trinajstić information content (AvgIpc) is 3.03. The highest BCUT2D eigenvalue weighted by Crippen LogP contribution is 2.25. The van der Waals surface area contributed by atoms with Gasteiger partial charge >= 0.3 is 0 Å². The zero-order chi connectivity index (χ0) is 15.4. The van der Waals surface area contributed by atoms with Crippen LogP contribution in [0.2, 0.25) is 0 Å². The van der Waals surface area contributed by atoms with Crippen LogP contribution in [0.3, 0.4) is 0 Å². The number of rotatable bonds is 4. The molecule has 1 atom stereocenters. The Hall–Kier alpha value is -2.34. The van der Waals surface area contributed by atoms with Gasteiger partial charge in [0.2, 0.25) is 0 Å². The standard InChI is InChI=1S/C16H17FN4O/c17-14-3-1-12(2-4-14)16(20-22)11-21-8-5-13(10-21)15-9-18-6-7-19-15/h1-4,6-7,9,13,22H,5,8,10-11H2/b20-16-. The molecule has 1 aromatic carbocycles. The van der Waals surface area contributed by atoms with Gasteiger partial charge in [0.05, 0.1) is 5.69 Å². The molecular formula is C16H17FN4O. The van der Waals surface area contributed by atoms with Crippen molar-refractivity contribution in [1.82, 2.24) is 14.9 Å². The molecule has 0 saturated carbocycles. The normalized spacial score (nSPS) is 19.5. The predicted octanol–water partition coefficient (Wildman–Crippen LogP) is 2.28. The maximum absolute atomic E-state index is 13.0. The third kappa shape index (κ3) is 3.28. The number of likely N-dealkylation sites (tertiary alicyclic amines) is 1. The van der Waals surface area contributed by atoms with Crippen molar-refractivity contribution < 1.29 is 9.60 Å². The van der Waals surface area contributed by atoms with Crippen LogP contribution in [0, 0.1) is 5.82 Å². The molecule has 0 amide bonds. The van der Waals surface area contributed by atoms with Crippen molar-refractivity contribution in [3.8, 4) is 0 Å². The SMILES string of the molecule is O/N=C(/CN1CCC(c2cnccn2)C1)c1ccc(F)cc1. The molecule has 5 nitrogen and oxygen atoms in total. The number of halogens is 1. The summed E-state index contributed by atoms with van der Waals surface area (Å²) in [5.74, 6) is 0.0480. The molecule has 1 saturated heterocycles. The van der Waals surface area contributed by atoms with Gasteiger partial charge in [-0.1, -0.05) is 17.3 Å². The van der Waals surface area contributed by atoms with Crippen LogP contribution in [-0.4, -0.2) is 45.4 Å². The zero-order valence-electron chi connectivity index (χ0n) is 12.1. The van der Waals surface area contributed by atoms with E-state index in [1.165, 1.54) is 12.1 Å². The summed E-state index contributed by atoms with van der Waals surface area (Å²) in [7, 11) is 0. The Bertz CT molecular complexity index is 645. The Labute approximate surface area is 128 Å². The van der Waals surface area contributed by atoms with E-state index in [-0.39, 0.29) is 5.82 Å². The van der Waals surface area contributed by atoms with Gasteiger partial charge in [0, 0.05) is 43.2 Å². The van der Waals surface area contributed by atoms with Crippen LogP contribution >= 0.6 is 0 Å². The zero-order valence-corrected chi connectivity index (χ0v) is 12.1. The second-order valence-corrected chi connectivity index (χ2v) is 5.40. The van der Waals surface area contributed by atoms with Crippen molar-refractivity contribution in [2.45, 2.75) is 12.3 Å². The van der Waals surface area contributed by atoms with Crippen LogP contribution in [0.5, 0.6) is 0 Å². The van der Waals surface area contributed by atoms with Crippen LogP contribution in [0.25, 0.3) is 0 Å². The molecule has 1 N–H and O–H groups in total. The van der Waals surface area contributed by atoms with Crippen LogP contribution < -0.4 is 0 Å².